The number of amides is 1. The van der Waals surface area contributed by atoms with Crippen LogP contribution in [0.5, 0.6) is 0 Å². The summed E-state index contributed by atoms with van der Waals surface area (Å²) in [6.07, 6.45) is -0.0614. The Hall–Kier alpha value is -1.14. The molecule has 0 unspecified atom stereocenters. The van der Waals surface area contributed by atoms with Crippen LogP contribution in [-0.2, 0) is 9.59 Å². The first-order chi connectivity index (χ1) is 6.31. The fourth-order valence-electron chi connectivity index (χ4n) is 1.06. The lowest BCUT2D eigenvalue weighted by molar-refractivity contribution is -0.167. The van der Waals surface area contributed by atoms with Gasteiger partial charge in [0.2, 0.25) is 11.6 Å². The molecule has 82 valence electrons. The maximum absolute atomic E-state index is 10.9. The molecule has 0 saturated carbocycles. The Bertz CT molecular complexity index is 229. The summed E-state index contributed by atoms with van der Waals surface area (Å²) in [5, 5.41) is 20.3. The molecule has 1 atom stereocenters. The van der Waals surface area contributed by atoms with Gasteiger partial charge in [-0.25, -0.2) is 4.79 Å². The lowest BCUT2D eigenvalue weighted by Crippen LogP contribution is -2.56. The normalized spacial score (nSPS) is 14.9. The van der Waals surface area contributed by atoms with Crippen LogP contribution < -0.4 is 11.1 Å². The number of carboxylic acid groups (broad SMARTS) is 1. The summed E-state index contributed by atoms with van der Waals surface area (Å²) in [5.74, 6) is -2.24. The molecule has 5 N–H and O–H groups in total. The number of carbonyl (C=O) groups excluding carboxylic acids is 1. The highest BCUT2D eigenvalue weighted by Crippen LogP contribution is 2.14. The quantitative estimate of drug-likeness (QED) is 0.424. The van der Waals surface area contributed by atoms with Crippen molar-refractivity contribution in [3.8, 4) is 0 Å². The molecule has 1 amide bonds. The summed E-state index contributed by atoms with van der Waals surface area (Å²) >= 11 is 0. The van der Waals surface area contributed by atoms with Gasteiger partial charge in [-0.15, -0.1) is 0 Å². The van der Waals surface area contributed by atoms with E-state index in [-0.39, 0.29) is 18.9 Å². The van der Waals surface area contributed by atoms with Crippen molar-refractivity contribution in [1.82, 2.24) is 5.32 Å². The van der Waals surface area contributed by atoms with Crippen LogP contribution in [-0.4, -0.2) is 34.4 Å². The molecule has 6 heteroatoms. The number of nitrogens with one attached hydrogen (secondary N) is 1. The Morgan fingerprint density at radius 2 is 2.00 bits per heavy atom. The number of carbonyl (C=O) groups is 2. The van der Waals surface area contributed by atoms with E-state index in [0.29, 0.717) is 0 Å². The molecular weight excluding hydrogens is 188 g/mol. The van der Waals surface area contributed by atoms with Crippen LogP contribution in [0.25, 0.3) is 0 Å². The van der Waals surface area contributed by atoms with Crippen LogP contribution in [0.2, 0.25) is 0 Å². The Morgan fingerprint density at radius 1 is 1.50 bits per heavy atom. The fraction of sp³-hybridized carbons (Fsp3) is 0.750. The number of hydrogen-bond acceptors (Lipinski definition) is 4. The van der Waals surface area contributed by atoms with Crippen molar-refractivity contribution in [3.63, 3.8) is 0 Å². The van der Waals surface area contributed by atoms with E-state index in [1.54, 1.807) is 13.8 Å². The molecule has 6 nitrogen and oxygen atoms in total. The van der Waals surface area contributed by atoms with Crippen LogP contribution >= 0.6 is 0 Å². The zero-order valence-electron chi connectivity index (χ0n) is 8.28. The third kappa shape index (κ3) is 3.71. The van der Waals surface area contributed by atoms with Gasteiger partial charge in [0.1, 0.15) is 0 Å². The topological polar surface area (TPSA) is 113 Å². The summed E-state index contributed by atoms with van der Waals surface area (Å²) in [6.45, 7) is 3.12. The highest BCUT2D eigenvalue weighted by molar-refractivity contribution is 5.86. The van der Waals surface area contributed by atoms with Crippen LogP contribution in [0.4, 0.5) is 0 Å². The molecule has 0 heterocycles. The Kier molecular flexibility index (Phi) is 4.52. The van der Waals surface area contributed by atoms with Crippen molar-refractivity contribution < 1.29 is 19.8 Å². The first-order valence-electron chi connectivity index (χ1n) is 4.28. The fourth-order valence-corrected chi connectivity index (χ4v) is 1.06. The van der Waals surface area contributed by atoms with Gasteiger partial charge in [0, 0.05) is 6.42 Å². The summed E-state index contributed by atoms with van der Waals surface area (Å²) in [6, 6.07) is 0. The van der Waals surface area contributed by atoms with Gasteiger partial charge in [-0.05, 0) is 5.92 Å². The number of nitrogens with two attached hydrogens (primary N) is 1. The number of rotatable bonds is 5. The third-order valence-corrected chi connectivity index (χ3v) is 1.59. The van der Waals surface area contributed by atoms with E-state index in [2.05, 4.69) is 0 Å². The van der Waals surface area contributed by atoms with Gasteiger partial charge in [0.05, 0.1) is 6.54 Å². The second kappa shape index (κ2) is 4.92. The Balaban J connectivity index is 4.55. The van der Waals surface area contributed by atoms with Gasteiger partial charge >= 0.3 is 5.97 Å². The minimum atomic E-state index is -2.22. The molecular formula is C8H16N2O4. The smallest absolute Gasteiger partial charge is 0.357 e. The molecule has 0 rings (SSSR count). The molecule has 0 aromatic carbocycles. The monoisotopic (exact) mass is 204 g/mol. The van der Waals surface area contributed by atoms with E-state index < -0.39 is 17.6 Å². The predicted octanol–water partition coefficient (Wildman–Crippen LogP) is -1.12. The Morgan fingerprint density at radius 3 is 2.29 bits per heavy atom. The molecule has 0 bridgehead atoms. The number of aliphatic carboxylic acids is 1. The van der Waals surface area contributed by atoms with Crippen molar-refractivity contribution in [1.29, 1.82) is 0 Å². The Labute approximate surface area is 82.1 Å². The minimum absolute atomic E-state index is 0.0609. The van der Waals surface area contributed by atoms with Gasteiger partial charge in [-0.2, -0.15) is 0 Å². The lowest BCUT2D eigenvalue weighted by Gasteiger charge is -2.25. The van der Waals surface area contributed by atoms with Crippen LogP contribution in [0.3, 0.4) is 0 Å². The van der Waals surface area contributed by atoms with Gasteiger partial charge in [-0.1, -0.05) is 13.8 Å². The molecule has 0 saturated heterocycles. The number of aliphatic hydroxyl groups is 1. The molecule has 0 aliphatic rings. The molecule has 0 fully saturated rings. The van der Waals surface area contributed by atoms with Crippen molar-refractivity contribution in [2.24, 2.45) is 11.7 Å². The first kappa shape index (κ1) is 12.9. The van der Waals surface area contributed by atoms with E-state index in [1.807, 2.05) is 5.32 Å². The number of hydrogen-bond donors (Lipinski definition) is 4. The summed E-state index contributed by atoms with van der Waals surface area (Å²) in [4.78, 5) is 21.6. The molecule has 0 aromatic rings. The van der Waals surface area contributed by atoms with E-state index in [1.165, 1.54) is 0 Å². The molecule has 0 radical (unpaired) electrons. The second-order valence-electron chi connectivity index (χ2n) is 3.52. The van der Waals surface area contributed by atoms with E-state index in [4.69, 9.17) is 10.8 Å². The maximum atomic E-state index is 10.9. The zero-order chi connectivity index (χ0) is 11.4. The number of carboxylic acids is 1. The molecule has 14 heavy (non-hydrogen) atoms. The summed E-state index contributed by atoms with van der Waals surface area (Å²) < 4.78 is 0. The first-order valence-corrected chi connectivity index (χ1v) is 4.28. The van der Waals surface area contributed by atoms with Crippen LogP contribution in [0, 0.1) is 5.92 Å². The van der Waals surface area contributed by atoms with Gasteiger partial charge in [0.25, 0.3) is 0 Å². The van der Waals surface area contributed by atoms with Gasteiger partial charge < -0.3 is 21.3 Å². The summed E-state index contributed by atoms with van der Waals surface area (Å²) in [7, 11) is 0. The minimum Gasteiger partial charge on any atom is -0.478 e. The third-order valence-electron chi connectivity index (χ3n) is 1.59. The molecule has 0 aliphatic carbocycles. The van der Waals surface area contributed by atoms with Crippen LogP contribution in [0.15, 0.2) is 0 Å². The summed E-state index contributed by atoms with van der Waals surface area (Å²) in [5.41, 5.74) is 2.78. The second-order valence-corrected chi connectivity index (χ2v) is 3.52. The van der Waals surface area contributed by atoms with Crippen molar-refractivity contribution >= 4 is 11.9 Å². The predicted molar refractivity (Wildman–Crippen MR) is 49.2 cm³/mol. The van der Waals surface area contributed by atoms with Gasteiger partial charge in [-0.3, -0.25) is 4.79 Å². The van der Waals surface area contributed by atoms with Crippen molar-refractivity contribution in [3.05, 3.63) is 0 Å². The lowest BCUT2D eigenvalue weighted by atomic mass is 10.0. The highest BCUT2D eigenvalue weighted by atomic mass is 16.4. The van der Waals surface area contributed by atoms with Crippen molar-refractivity contribution in [2.45, 2.75) is 26.0 Å². The standard InChI is InChI=1S/C8H16N2O4/c1-5(2)3-8(14,7(12)13)10-6(11)4-9/h5,14H,3-4,9H2,1-2H3,(H,10,11)(H,12,13)/t8-/m1/s1. The van der Waals surface area contributed by atoms with Crippen LogP contribution in [0.1, 0.15) is 20.3 Å². The van der Waals surface area contributed by atoms with E-state index in [9.17, 15) is 14.7 Å². The highest BCUT2D eigenvalue weighted by Gasteiger charge is 2.37. The molecule has 0 aromatic heterocycles. The largest absolute Gasteiger partial charge is 0.478 e. The van der Waals surface area contributed by atoms with Crippen molar-refractivity contribution in [2.75, 3.05) is 6.54 Å². The zero-order valence-corrected chi connectivity index (χ0v) is 8.28. The average molecular weight is 204 g/mol. The SMILES string of the molecule is CC(C)C[C@](O)(NC(=O)CN)C(=O)O. The molecule has 0 aliphatic heterocycles. The maximum Gasteiger partial charge on any atom is 0.357 e. The average Bonchev–Trinajstić information content (AvgIpc) is 2.02. The van der Waals surface area contributed by atoms with Gasteiger partial charge in [0.15, 0.2) is 0 Å². The van der Waals surface area contributed by atoms with E-state index >= 15 is 0 Å². The van der Waals surface area contributed by atoms with E-state index in [0.717, 1.165) is 0 Å². The molecule has 0 spiro atoms.